The summed E-state index contributed by atoms with van der Waals surface area (Å²) >= 11 is 0. The van der Waals surface area contributed by atoms with Crippen LogP contribution in [0.25, 0.3) is 0 Å². The number of carbonyl (C=O) groups excluding carboxylic acids is 1. The van der Waals surface area contributed by atoms with Crippen LogP contribution in [0.1, 0.15) is 43.2 Å². The molecular weight excluding hydrogens is 286 g/mol. The second-order valence-corrected chi connectivity index (χ2v) is 6.00. The van der Waals surface area contributed by atoms with Crippen LogP contribution in [0.15, 0.2) is 16.5 Å². The molecule has 0 radical (unpaired) electrons. The van der Waals surface area contributed by atoms with Crippen molar-refractivity contribution in [2.45, 2.75) is 44.7 Å². The molecule has 0 unspecified atom stereocenters. The van der Waals surface area contributed by atoms with E-state index in [1.165, 1.54) is 12.1 Å². The number of hydrogen-bond donors (Lipinski definition) is 0. The molecular formula is C15H21N3O4. The molecule has 1 aromatic heterocycles. The summed E-state index contributed by atoms with van der Waals surface area (Å²) in [5, 5.41) is 10.7. The van der Waals surface area contributed by atoms with Crippen molar-refractivity contribution in [3.05, 3.63) is 28.0 Å². The molecule has 1 saturated carbocycles. The van der Waals surface area contributed by atoms with Crippen LogP contribution in [0.2, 0.25) is 0 Å². The van der Waals surface area contributed by atoms with Gasteiger partial charge >= 0.3 is 5.88 Å². The van der Waals surface area contributed by atoms with Gasteiger partial charge in [0, 0.05) is 25.2 Å². The number of likely N-dealkylation sites (tertiary alicyclic amines) is 1. The Hall–Kier alpha value is -1.89. The first-order chi connectivity index (χ1) is 10.6. The van der Waals surface area contributed by atoms with E-state index < -0.39 is 4.92 Å². The van der Waals surface area contributed by atoms with Crippen LogP contribution in [0, 0.1) is 10.1 Å². The summed E-state index contributed by atoms with van der Waals surface area (Å²) in [6, 6.07) is 3.15. The highest BCUT2D eigenvalue weighted by atomic mass is 16.6. The minimum atomic E-state index is -0.613. The Morgan fingerprint density at radius 3 is 2.45 bits per heavy atom. The standard InChI is InChI=1S/C15H21N3O4/c1-2-16-9-7-12(8-10-16)17(11-3-4-11)15(19)13-5-6-14(22-13)18(20)21/h5-6,11-12H,2-4,7-10H2,1H3. The Labute approximate surface area is 129 Å². The third kappa shape index (κ3) is 2.99. The van der Waals surface area contributed by atoms with Gasteiger partial charge in [0.2, 0.25) is 0 Å². The van der Waals surface area contributed by atoms with E-state index >= 15 is 0 Å². The molecule has 22 heavy (non-hydrogen) atoms. The third-order valence-corrected chi connectivity index (χ3v) is 4.56. The lowest BCUT2D eigenvalue weighted by Gasteiger charge is -2.38. The van der Waals surface area contributed by atoms with E-state index in [-0.39, 0.29) is 29.6 Å². The Morgan fingerprint density at radius 2 is 1.95 bits per heavy atom. The number of amides is 1. The second kappa shape index (κ2) is 6.08. The van der Waals surface area contributed by atoms with Crippen LogP contribution in [-0.2, 0) is 0 Å². The SMILES string of the molecule is CCN1CCC(N(C(=O)c2ccc([N+](=O)[O-])o2)C2CC2)CC1. The average Bonchev–Trinajstić information content (AvgIpc) is 3.22. The van der Waals surface area contributed by atoms with Gasteiger partial charge in [0.1, 0.15) is 4.92 Å². The zero-order valence-corrected chi connectivity index (χ0v) is 12.7. The zero-order valence-electron chi connectivity index (χ0n) is 12.7. The van der Waals surface area contributed by atoms with Gasteiger partial charge in [0.15, 0.2) is 5.76 Å². The molecule has 1 saturated heterocycles. The summed E-state index contributed by atoms with van der Waals surface area (Å²) in [5.41, 5.74) is 0. The van der Waals surface area contributed by atoms with Gasteiger partial charge in [-0.1, -0.05) is 6.92 Å². The summed E-state index contributed by atoms with van der Waals surface area (Å²) < 4.78 is 5.10. The van der Waals surface area contributed by atoms with E-state index in [1.54, 1.807) is 0 Å². The molecule has 0 atom stereocenters. The lowest BCUT2D eigenvalue weighted by molar-refractivity contribution is -0.402. The van der Waals surface area contributed by atoms with Crippen molar-refractivity contribution in [3.63, 3.8) is 0 Å². The van der Waals surface area contributed by atoms with E-state index in [0.717, 1.165) is 45.3 Å². The molecule has 3 rings (SSSR count). The van der Waals surface area contributed by atoms with Crippen molar-refractivity contribution < 1.29 is 14.1 Å². The number of carbonyl (C=O) groups is 1. The molecule has 1 aliphatic carbocycles. The largest absolute Gasteiger partial charge is 0.433 e. The number of piperidine rings is 1. The molecule has 7 nitrogen and oxygen atoms in total. The van der Waals surface area contributed by atoms with Crippen LogP contribution >= 0.6 is 0 Å². The molecule has 2 aliphatic rings. The number of furan rings is 1. The number of rotatable bonds is 5. The van der Waals surface area contributed by atoms with Crippen molar-refractivity contribution in [2.75, 3.05) is 19.6 Å². The van der Waals surface area contributed by atoms with Crippen LogP contribution in [0.4, 0.5) is 5.88 Å². The molecule has 1 aromatic rings. The Balaban J connectivity index is 1.73. The Morgan fingerprint density at radius 1 is 1.32 bits per heavy atom. The quantitative estimate of drug-likeness (QED) is 0.616. The van der Waals surface area contributed by atoms with Crippen LogP contribution in [-0.4, -0.2) is 52.3 Å². The first-order valence-electron chi connectivity index (χ1n) is 7.89. The number of hydrogen-bond acceptors (Lipinski definition) is 5. The molecule has 0 spiro atoms. The molecule has 0 N–H and O–H groups in total. The molecule has 0 aromatic carbocycles. The fourth-order valence-electron chi connectivity index (χ4n) is 3.16. The second-order valence-electron chi connectivity index (χ2n) is 6.00. The van der Waals surface area contributed by atoms with Crippen molar-refractivity contribution in [2.24, 2.45) is 0 Å². The van der Waals surface area contributed by atoms with Gasteiger partial charge in [-0.3, -0.25) is 14.9 Å². The summed E-state index contributed by atoms with van der Waals surface area (Å²) in [5.74, 6) is -0.498. The molecule has 120 valence electrons. The van der Waals surface area contributed by atoms with E-state index in [0.29, 0.717) is 0 Å². The normalized spacial score (nSPS) is 20.0. The predicted octanol–water partition coefficient (Wildman–Crippen LogP) is 2.28. The topological polar surface area (TPSA) is 79.8 Å². The summed E-state index contributed by atoms with van der Waals surface area (Å²) in [7, 11) is 0. The van der Waals surface area contributed by atoms with Gasteiger partial charge in [0.05, 0.1) is 6.07 Å². The lowest BCUT2D eigenvalue weighted by Crippen LogP contribution is -2.48. The van der Waals surface area contributed by atoms with Crippen LogP contribution in [0.3, 0.4) is 0 Å². The lowest BCUT2D eigenvalue weighted by atomic mass is 10.0. The highest BCUT2D eigenvalue weighted by Crippen LogP contribution is 2.33. The molecule has 0 bridgehead atoms. The Kier molecular flexibility index (Phi) is 4.15. The molecule has 2 fully saturated rings. The van der Waals surface area contributed by atoms with Gasteiger partial charge in [-0.25, -0.2) is 0 Å². The van der Waals surface area contributed by atoms with Crippen molar-refractivity contribution >= 4 is 11.8 Å². The first kappa shape index (κ1) is 15.0. The highest BCUT2D eigenvalue weighted by Gasteiger charge is 2.40. The van der Waals surface area contributed by atoms with Gasteiger partial charge in [-0.05, 0) is 38.3 Å². The van der Waals surface area contributed by atoms with Crippen LogP contribution < -0.4 is 0 Å². The number of nitrogens with zero attached hydrogens (tertiary/aromatic N) is 3. The summed E-state index contributed by atoms with van der Waals surface area (Å²) in [6.07, 6.45) is 3.95. The monoisotopic (exact) mass is 307 g/mol. The van der Waals surface area contributed by atoms with E-state index in [2.05, 4.69) is 11.8 Å². The van der Waals surface area contributed by atoms with E-state index in [9.17, 15) is 14.9 Å². The van der Waals surface area contributed by atoms with Gasteiger partial charge in [-0.15, -0.1) is 0 Å². The Bertz CT molecular complexity index is 559. The molecule has 1 aliphatic heterocycles. The van der Waals surface area contributed by atoms with Gasteiger partial charge < -0.3 is 14.2 Å². The summed E-state index contributed by atoms with van der Waals surface area (Å²) in [4.78, 5) is 27.1. The maximum absolute atomic E-state index is 12.7. The van der Waals surface area contributed by atoms with Gasteiger partial charge in [0.25, 0.3) is 5.91 Å². The third-order valence-electron chi connectivity index (χ3n) is 4.56. The van der Waals surface area contributed by atoms with Crippen molar-refractivity contribution in [3.8, 4) is 0 Å². The molecule has 7 heteroatoms. The minimum Gasteiger partial charge on any atom is -0.395 e. The van der Waals surface area contributed by atoms with Crippen LogP contribution in [0.5, 0.6) is 0 Å². The minimum absolute atomic E-state index is 0.0801. The van der Waals surface area contributed by atoms with E-state index in [4.69, 9.17) is 4.42 Å². The summed E-state index contributed by atoms with van der Waals surface area (Å²) in [6.45, 7) is 5.17. The fourth-order valence-corrected chi connectivity index (χ4v) is 3.16. The highest BCUT2D eigenvalue weighted by molar-refractivity contribution is 5.92. The fraction of sp³-hybridized carbons (Fsp3) is 0.667. The maximum atomic E-state index is 12.7. The zero-order chi connectivity index (χ0) is 15.7. The molecule has 2 heterocycles. The number of nitro groups is 1. The van der Waals surface area contributed by atoms with Gasteiger partial charge in [-0.2, -0.15) is 0 Å². The first-order valence-corrected chi connectivity index (χ1v) is 7.89. The average molecular weight is 307 g/mol. The smallest absolute Gasteiger partial charge is 0.395 e. The maximum Gasteiger partial charge on any atom is 0.433 e. The predicted molar refractivity (Wildman–Crippen MR) is 79.7 cm³/mol. The molecule has 1 amide bonds. The van der Waals surface area contributed by atoms with E-state index in [1.807, 2.05) is 4.90 Å². The van der Waals surface area contributed by atoms with Crippen molar-refractivity contribution in [1.29, 1.82) is 0 Å². The van der Waals surface area contributed by atoms with Crippen molar-refractivity contribution in [1.82, 2.24) is 9.80 Å².